The van der Waals surface area contributed by atoms with E-state index >= 15 is 0 Å². The fourth-order valence-electron chi connectivity index (χ4n) is 4.10. The summed E-state index contributed by atoms with van der Waals surface area (Å²) in [5, 5.41) is 23.2. The minimum atomic E-state index is -5.52. The fraction of sp³-hybridized carbons (Fsp3) is 0.682. The van der Waals surface area contributed by atoms with Crippen LogP contribution >= 0.6 is 35.2 Å². The SMILES string of the molecule is CCCNC(=O)CCSC(=O)[C@H](O)C(C)(C)COP(=O)(O)OP(=O)(O)OC[C@H]1O[C@@H](n2cnc3c(N)ncnc32)[C@H](O)[C@@H]1OP(=O)(O)O. The topological polar surface area (TPSA) is 335 Å². The molecular weight excluding hydrogens is 729 g/mol. The average Bonchev–Trinajstić information content (AvgIpc) is 3.54. The highest BCUT2D eigenvalue weighted by atomic mass is 32.2. The third-order valence-electron chi connectivity index (χ3n) is 6.55. The van der Waals surface area contributed by atoms with Crippen molar-refractivity contribution < 1.29 is 75.7 Å². The standard InChI is InChI=1S/C22H37N6O16P3S/c1-4-6-24-13(29)5-7-48-21(32)17(31)22(2,3)9-41-47(38,39)44-46(36,37)40-8-12-16(43-45(33,34)35)15(30)20(42-12)28-11-27-14-18(23)25-10-26-19(14)28/h10-12,15-17,20,30-31H,4-9H2,1-3H3,(H,24,29)(H,36,37)(H,38,39)(H2,23,25,26)(H2,33,34,35)/t12-,15-,16-,17+,20-/m1/s1. The summed E-state index contributed by atoms with van der Waals surface area (Å²) in [5.74, 6) is -0.259. The van der Waals surface area contributed by atoms with Gasteiger partial charge in [0.25, 0.3) is 0 Å². The van der Waals surface area contributed by atoms with Crippen molar-refractivity contribution in [1.29, 1.82) is 0 Å². The van der Waals surface area contributed by atoms with Crippen molar-refractivity contribution in [3.05, 3.63) is 12.7 Å². The number of hydrogen-bond donors (Lipinski definition) is 8. The molecule has 0 saturated carbocycles. The largest absolute Gasteiger partial charge is 0.481 e. The molecule has 22 nitrogen and oxygen atoms in total. The Labute approximate surface area is 277 Å². The number of imidazole rings is 1. The number of phosphoric acid groups is 3. The first kappa shape index (κ1) is 40.5. The number of nitrogens with zero attached hydrogens (tertiary/aromatic N) is 4. The summed E-state index contributed by atoms with van der Waals surface area (Å²) in [5.41, 5.74) is 4.36. The van der Waals surface area contributed by atoms with Crippen LogP contribution in [0.2, 0.25) is 0 Å². The summed E-state index contributed by atoms with van der Waals surface area (Å²) in [4.78, 5) is 74.8. The van der Waals surface area contributed by atoms with Crippen LogP contribution in [0.4, 0.5) is 5.82 Å². The monoisotopic (exact) mass is 766 g/mol. The number of aromatic nitrogens is 4. The zero-order chi connectivity index (χ0) is 36.1. The van der Waals surface area contributed by atoms with Gasteiger partial charge in [-0.3, -0.25) is 27.7 Å². The number of carbonyl (C=O) groups excluding carboxylic acids is 2. The van der Waals surface area contributed by atoms with Crippen LogP contribution in [0.15, 0.2) is 12.7 Å². The number of amides is 1. The van der Waals surface area contributed by atoms with E-state index in [-0.39, 0.29) is 35.1 Å². The van der Waals surface area contributed by atoms with Crippen LogP contribution in [0.1, 0.15) is 39.8 Å². The number of aliphatic hydroxyl groups excluding tert-OH is 2. The smallest absolute Gasteiger partial charge is 0.386 e. The van der Waals surface area contributed by atoms with Gasteiger partial charge in [0.05, 0.1) is 19.5 Å². The van der Waals surface area contributed by atoms with Crippen LogP contribution < -0.4 is 11.1 Å². The molecule has 0 aliphatic carbocycles. The molecule has 272 valence electrons. The van der Waals surface area contributed by atoms with Gasteiger partial charge in [-0.25, -0.2) is 28.6 Å². The maximum absolute atomic E-state index is 12.6. The molecule has 1 amide bonds. The lowest BCUT2D eigenvalue weighted by Crippen LogP contribution is -2.38. The second-order valence-electron chi connectivity index (χ2n) is 10.9. The van der Waals surface area contributed by atoms with Crippen LogP contribution in [-0.4, -0.2) is 110 Å². The van der Waals surface area contributed by atoms with Gasteiger partial charge in [-0.1, -0.05) is 32.5 Å². The second kappa shape index (κ2) is 16.4. The number of ether oxygens (including phenoxy) is 1. The number of thioether (sulfide) groups is 1. The lowest BCUT2D eigenvalue weighted by Gasteiger charge is -2.29. The summed E-state index contributed by atoms with van der Waals surface area (Å²) in [6, 6.07) is 0. The third kappa shape index (κ3) is 11.3. The Bertz CT molecular complexity index is 1590. The van der Waals surface area contributed by atoms with Crippen molar-refractivity contribution in [1.82, 2.24) is 24.8 Å². The molecule has 48 heavy (non-hydrogen) atoms. The predicted molar refractivity (Wildman–Crippen MR) is 164 cm³/mol. The number of nitrogens with one attached hydrogen (secondary N) is 1. The average molecular weight is 767 g/mol. The summed E-state index contributed by atoms with van der Waals surface area (Å²) < 4.78 is 61.8. The molecule has 9 N–H and O–H groups in total. The van der Waals surface area contributed by atoms with Crippen molar-refractivity contribution >= 4 is 63.2 Å². The molecule has 7 atom stereocenters. The number of fused-ring (bicyclic) bond motifs is 1. The van der Waals surface area contributed by atoms with Crippen molar-refractivity contribution in [3.8, 4) is 0 Å². The van der Waals surface area contributed by atoms with Gasteiger partial charge < -0.3 is 45.6 Å². The van der Waals surface area contributed by atoms with E-state index in [0.29, 0.717) is 18.3 Å². The number of nitrogen functional groups attached to an aromatic ring is 1. The second-order valence-corrected chi connectivity index (χ2v) is 16.3. The van der Waals surface area contributed by atoms with E-state index < -0.39 is 77.9 Å². The number of phosphoric ester groups is 3. The van der Waals surface area contributed by atoms with E-state index in [1.165, 1.54) is 13.8 Å². The molecule has 2 aromatic rings. The van der Waals surface area contributed by atoms with E-state index in [2.05, 4.69) is 29.1 Å². The van der Waals surface area contributed by atoms with Crippen molar-refractivity contribution in [2.45, 2.75) is 64.3 Å². The Kier molecular flexibility index (Phi) is 13.9. The van der Waals surface area contributed by atoms with Gasteiger partial charge in [-0.2, -0.15) is 4.31 Å². The highest BCUT2D eigenvalue weighted by molar-refractivity contribution is 8.13. The maximum Gasteiger partial charge on any atom is 0.481 e. The van der Waals surface area contributed by atoms with E-state index in [1.54, 1.807) is 0 Å². The van der Waals surface area contributed by atoms with Gasteiger partial charge in [0.2, 0.25) is 11.0 Å². The molecule has 1 saturated heterocycles. The minimum Gasteiger partial charge on any atom is -0.386 e. The fourth-order valence-corrected chi connectivity index (χ4v) is 7.89. The zero-order valence-corrected chi connectivity index (χ0v) is 29.2. The van der Waals surface area contributed by atoms with Crippen molar-refractivity contribution in [2.75, 3.05) is 31.2 Å². The summed E-state index contributed by atoms with van der Waals surface area (Å²) in [7, 11) is -16.3. The number of nitrogens with two attached hydrogens (primary N) is 1. The first-order valence-electron chi connectivity index (χ1n) is 13.9. The van der Waals surface area contributed by atoms with E-state index in [4.69, 9.17) is 19.5 Å². The quantitative estimate of drug-likeness (QED) is 0.0922. The number of hydrogen-bond acceptors (Lipinski definition) is 17. The van der Waals surface area contributed by atoms with Crippen LogP contribution in [0.25, 0.3) is 11.2 Å². The van der Waals surface area contributed by atoms with Crippen LogP contribution in [-0.2, 0) is 45.9 Å². The Morgan fingerprint density at radius 2 is 1.81 bits per heavy atom. The van der Waals surface area contributed by atoms with E-state index in [0.717, 1.165) is 23.6 Å². The molecule has 3 rings (SSSR count). The van der Waals surface area contributed by atoms with Gasteiger partial charge in [-0.05, 0) is 6.42 Å². The van der Waals surface area contributed by atoms with Crippen LogP contribution in [0, 0.1) is 5.41 Å². The number of carbonyl (C=O) groups is 2. The van der Waals surface area contributed by atoms with Crippen LogP contribution in [0.5, 0.6) is 0 Å². The molecule has 3 heterocycles. The molecule has 2 aromatic heterocycles. The normalized spacial score (nSPS) is 23.4. The first-order chi connectivity index (χ1) is 22.2. The molecule has 1 aliphatic rings. The molecule has 0 aromatic carbocycles. The minimum absolute atomic E-state index is 0.00767. The van der Waals surface area contributed by atoms with Gasteiger partial charge >= 0.3 is 23.5 Å². The Balaban J connectivity index is 1.61. The van der Waals surface area contributed by atoms with Gasteiger partial charge in [0.1, 0.15) is 36.3 Å². The maximum atomic E-state index is 12.6. The highest BCUT2D eigenvalue weighted by Gasteiger charge is 2.50. The molecule has 0 radical (unpaired) electrons. The van der Waals surface area contributed by atoms with Crippen LogP contribution in [0.3, 0.4) is 0 Å². The first-order valence-corrected chi connectivity index (χ1v) is 19.4. The van der Waals surface area contributed by atoms with E-state index in [9.17, 15) is 53.1 Å². The predicted octanol–water partition coefficient (Wildman–Crippen LogP) is -0.0415. The van der Waals surface area contributed by atoms with Crippen molar-refractivity contribution in [2.24, 2.45) is 5.41 Å². The number of anilines is 1. The van der Waals surface area contributed by atoms with Gasteiger partial charge in [0, 0.05) is 24.1 Å². The van der Waals surface area contributed by atoms with Crippen molar-refractivity contribution in [3.63, 3.8) is 0 Å². The van der Waals surface area contributed by atoms with Gasteiger partial charge in [-0.15, -0.1) is 0 Å². The lowest BCUT2D eigenvalue weighted by molar-refractivity contribution is -0.125. The molecule has 0 spiro atoms. The summed E-state index contributed by atoms with van der Waals surface area (Å²) in [6.45, 7) is 3.00. The Morgan fingerprint density at radius 3 is 2.46 bits per heavy atom. The highest BCUT2D eigenvalue weighted by Crippen LogP contribution is 2.61. The zero-order valence-electron chi connectivity index (χ0n) is 25.7. The summed E-state index contributed by atoms with van der Waals surface area (Å²) >= 11 is 0.661. The molecule has 0 bridgehead atoms. The Hall–Kier alpha value is -1.91. The van der Waals surface area contributed by atoms with E-state index in [1.807, 2.05) is 6.92 Å². The van der Waals surface area contributed by atoms with Gasteiger partial charge in [0.15, 0.2) is 17.7 Å². The molecule has 2 unspecified atom stereocenters. The molecule has 26 heteroatoms. The number of rotatable bonds is 18. The number of aliphatic hydroxyl groups is 2. The Morgan fingerprint density at radius 1 is 1.15 bits per heavy atom. The summed E-state index contributed by atoms with van der Waals surface area (Å²) in [6.07, 6.45) is -5.78. The molecule has 1 fully saturated rings. The third-order valence-corrected chi connectivity index (χ3v) is 10.6. The lowest BCUT2D eigenvalue weighted by atomic mass is 9.88. The molecular formula is C22H37N6O16P3S. The molecule has 1 aliphatic heterocycles.